The Bertz CT molecular complexity index is 287. The van der Waals surface area contributed by atoms with E-state index in [1.54, 1.807) is 0 Å². The van der Waals surface area contributed by atoms with Gasteiger partial charge in [-0.25, -0.2) is 0 Å². The van der Waals surface area contributed by atoms with E-state index in [-0.39, 0.29) is 23.0 Å². The van der Waals surface area contributed by atoms with Crippen LogP contribution in [0.15, 0.2) is 0 Å². The van der Waals surface area contributed by atoms with Crippen molar-refractivity contribution in [1.29, 1.82) is 0 Å². The van der Waals surface area contributed by atoms with Crippen LogP contribution < -0.4 is 5.32 Å². The minimum Gasteiger partial charge on any atom is -0.460 e. The summed E-state index contributed by atoms with van der Waals surface area (Å²) in [6.07, 6.45) is 0.828. The van der Waals surface area contributed by atoms with E-state index >= 15 is 0 Å². The van der Waals surface area contributed by atoms with Crippen LogP contribution in [0.25, 0.3) is 0 Å². The fourth-order valence-electron chi connectivity index (χ4n) is 2.53. The molecule has 0 spiro atoms. The van der Waals surface area contributed by atoms with Crippen molar-refractivity contribution < 1.29 is 9.53 Å². The predicted molar refractivity (Wildman–Crippen MR) is 65.2 cm³/mol. The van der Waals surface area contributed by atoms with Crippen molar-refractivity contribution in [2.75, 3.05) is 0 Å². The summed E-state index contributed by atoms with van der Waals surface area (Å²) >= 11 is 0. The van der Waals surface area contributed by atoms with Crippen molar-refractivity contribution in [3.05, 3.63) is 0 Å². The van der Waals surface area contributed by atoms with Gasteiger partial charge in [0.2, 0.25) is 0 Å². The first-order valence-electron chi connectivity index (χ1n) is 5.95. The van der Waals surface area contributed by atoms with Gasteiger partial charge in [-0.1, -0.05) is 0 Å². The fourth-order valence-corrected chi connectivity index (χ4v) is 2.53. The molecule has 16 heavy (non-hydrogen) atoms. The molecule has 0 radical (unpaired) electrons. The highest BCUT2D eigenvalue weighted by Gasteiger charge is 2.48. The van der Waals surface area contributed by atoms with Crippen LogP contribution in [0.5, 0.6) is 0 Å². The first kappa shape index (κ1) is 13.5. The van der Waals surface area contributed by atoms with Gasteiger partial charge < -0.3 is 10.1 Å². The second-order valence-corrected chi connectivity index (χ2v) is 7.02. The van der Waals surface area contributed by atoms with Gasteiger partial charge in [-0.05, 0) is 54.9 Å². The van der Waals surface area contributed by atoms with Gasteiger partial charge in [0, 0.05) is 11.1 Å². The Hall–Kier alpha value is -0.570. The summed E-state index contributed by atoms with van der Waals surface area (Å²) in [5, 5.41) is 3.49. The molecule has 0 aromatic carbocycles. The minimum atomic E-state index is -0.403. The monoisotopic (exact) mass is 227 g/mol. The van der Waals surface area contributed by atoms with Crippen LogP contribution in [0.1, 0.15) is 54.9 Å². The van der Waals surface area contributed by atoms with Gasteiger partial charge in [-0.3, -0.25) is 4.79 Å². The van der Waals surface area contributed by atoms with Crippen LogP contribution in [-0.2, 0) is 9.53 Å². The van der Waals surface area contributed by atoms with Crippen LogP contribution in [0, 0.1) is 5.92 Å². The molecule has 1 atom stereocenters. The molecule has 0 saturated carbocycles. The number of hydrogen-bond acceptors (Lipinski definition) is 3. The molecule has 1 fully saturated rings. The average Bonchev–Trinajstić information content (AvgIpc) is 2.14. The molecule has 0 aliphatic carbocycles. The van der Waals surface area contributed by atoms with E-state index in [1.165, 1.54) is 0 Å². The lowest BCUT2D eigenvalue weighted by Gasteiger charge is -2.29. The zero-order valence-corrected chi connectivity index (χ0v) is 11.6. The maximum atomic E-state index is 12.1. The standard InChI is InChI=1S/C13H25NO2/c1-11(2,3)16-10(15)9-8-12(4,5)14-13(9,6)7/h9,14H,8H2,1-7H3. The molecule has 0 bridgehead atoms. The third kappa shape index (κ3) is 3.21. The van der Waals surface area contributed by atoms with Crippen molar-refractivity contribution in [3.8, 4) is 0 Å². The van der Waals surface area contributed by atoms with Gasteiger partial charge >= 0.3 is 5.97 Å². The second-order valence-electron chi connectivity index (χ2n) is 7.02. The molecular weight excluding hydrogens is 202 g/mol. The van der Waals surface area contributed by atoms with Crippen LogP contribution in [0.3, 0.4) is 0 Å². The maximum absolute atomic E-state index is 12.1. The number of nitrogens with one attached hydrogen (secondary N) is 1. The second kappa shape index (κ2) is 3.73. The molecule has 1 rings (SSSR count). The van der Waals surface area contributed by atoms with Crippen molar-refractivity contribution in [2.45, 2.75) is 71.6 Å². The molecular formula is C13H25NO2. The number of hydrogen-bond donors (Lipinski definition) is 1. The van der Waals surface area contributed by atoms with Gasteiger partial charge in [0.15, 0.2) is 0 Å². The molecule has 3 heteroatoms. The summed E-state index contributed by atoms with van der Waals surface area (Å²) in [6, 6.07) is 0. The van der Waals surface area contributed by atoms with E-state index in [9.17, 15) is 4.79 Å². The van der Waals surface area contributed by atoms with Crippen molar-refractivity contribution >= 4 is 5.97 Å². The van der Waals surface area contributed by atoms with E-state index in [2.05, 4.69) is 33.0 Å². The summed E-state index contributed by atoms with van der Waals surface area (Å²) < 4.78 is 5.47. The molecule has 1 saturated heterocycles. The molecule has 3 nitrogen and oxygen atoms in total. The summed E-state index contributed by atoms with van der Waals surface area (Å²) in [7, 11) is 0. The van der Waals surface area contributed by atoms with E-state index in [1.807, 2.05) is 20.8 Å². The highest BCUT2D eigenvalue weighted by Crippen LogP contribution is 2.37. The quantitative estimate of drug-likeness (QED) is 0.699. The Labute approximate surface area is 98.9 Å². The lowest BCUT2D eigenvalue weighted by molar-refractivity contribution is -0.161. The van der Waals surface area contributed by atoms with Crippen molar-refractivity contribution in [2.24, 2.45) is 5.92 Å². The fraction of sp³-hybridized carbons (Fsp3) is 0.923. The zero-order chi connectivity index (χ0) is 12.8. The van der Waals surface area contributed by atoms with Gasteiger partial charge in [0.1, 0.15) is 5.60 Å². The van der Waals surface area contributed by atoms with Crippen LogP contribution >= 0.6 is 0 Å². The Balaban J connectivity index is 2.78. The van der Waals surface area contributed by atoms with Crippen molar-refractivity contribution in [3.63, 3.8) is 0 Å². The highest BCUT2D eigenvalue weighted by atomic mass is 16.6. The van der Waals surface area contributed by atoms with Gasteiger partial charge in [-0.15, -0.1) is 0 Å². The average molecular weight is 227 g/mol. The lowest BCUT2D eigenvalue weighted by atomic mass is 9.87. The van der Waals surface area contributed by atoms with E-state index in [0.29, 0.717) is 0 Å². The lowest BCUT2D eigenvalue weighted by Crippen LogP contribution is -2.47. The number of rotatable bonds is 1. The Morgan fingerprint density at radius 2 is 1.75 bits per heavy atom. The first-order valence-corrected chi connectivity index (χ1v) is 5.95. The molecule has 0 aromatic heterocycles. The molecule has 1 N–H and O–H groups in total. The van der Waals surface area contributed by atoms with E-state index in [0.717, 1.165) is 6.42 Å². The van der Waals surface area contributed by atoms with Crippen LogP contribution in [0.4, 0.5) is 0 Å². The number of esters is 1. The molecule has 0 aromatic rings. The summed E-state index contributed by atoms with van der Waals surface area (Å²) in [5.41, 5.74) is -0.587. The molecule has 1 aliphatic rings. The molecule has 1 heterocycles. The predicted octanol–water partition coefficient (Wildman–Crippen LogP) is 2.49. The van der Waals surface area contributed by atoms with Crippen LogP contribution in [0.2, 0.25) is 0 Å². The SMILES string of the molecule is CC1(C)CC(C(=O)OC(C)(C)C)C(C)(C)N1. The molecule has 94 valence electrons. The van der Waals surface area contributed by atoms with E-state index < -0.39 is 5.60 Å². The summed E-state index contributed by atoms with van der Waals surface area (Å²) in [4.78, 5) is 12.1. The Morgan fingerprint density at radius 1 is 1.25 bits per heavy atom. The number of carbonyl (C=O) groups is 1. The Kier molecular flexibility index (Phi) is 3.14. The minimum absolute atomic E-state index is 0.00503. The number of carbonyl (C=O) groups excluding carboxylic acids is 1. The molecule has 1 aliphatic heterocycles. The molecule has 1 unspecified atom stereocenters. The maximum Gasteiger partial charge on any atom is 0.311 e. The largest absolute Gasteiger partial charge is 0.460 e. The van der Waals surface area contributed by atoms with E-state index in [4.69, 9.17) is 4.74 Å². The zero-order valence-electron chi connectivity index (χ0n) is 11.6. The normalized spacial score (nSPS) is 27.8. The Morgan fingerprint density at radius 3 is 2.06 bits per heavy atom. The summed E-state index contributed by atoms with van der Waals surface area (Å²) in [5.74, 6) is -0.155. The van der Waals surface area contributed by atoms with Crippen LogP contribution in [-0.4, -0.2) is 22.6 Å². The first-order chi connectivity index (χ1) is 6.93. The topological polar surface area (TPSA) is 38.3 Å². The van der Waals surface area contributed by atoms with Crippen molar-refractivity contribution in [1.82, 2.24) is 5.32 Å². The molecule has 0 amide bonds. The van der Waals surface area contributed by atoms with Gasteiger partial charge in [-0.2, -0.15) is 0 Å². The van der Waals surface area contributed by atoms with Gasteiger partial charge in [0.25, 0.3) is 0 Å². The number of ether oxygens (including phenoxy) is 1. The third-order valence-corrected chi connectivity index (χ3v) is 2.94. The highest BCUT2D eigenvalue weighted by molar-refractivity contribution is 5.75. The third-order valence-electron chi connectivity index (χ3n) is 2.94. The summed E-state index contributed by atoms with van der Waals surface area (Å²) in [6.45, 7) is 14.1. The smallest absolute Gasteiger partial charge is 0.311 e. The van der Waals surface area contributed by atoms with Gasteiger partial charge in [0.05, 0.1) is 5.92 Å².